The Morgan fingerprint density at radius 2 is 2.05 bits per heavy atom. The fourth-order valence-corrected chi connectivity index (χ4v) is 3.09. The quantitative estimate of drug-likeness (QED) is 0.887. The maximum atomic E-state index is 4.77. The maximum Gasteiger partial charge on any atom is 0.188 e. The molecule has 3 rings (SSSR count). The molecule has 0 bridgehead atoms. The van der Waals surface area contributed by atoms with E-state index in [1.165, 1.54) is 23.4 Å². The molecule has 0 spiro atoms. The SMILES string of the molecule is CC(C)Cc1nc(-c2ncccn2)sc1CNC1CC1. The zero-order chi connectivity index (χ0) is 13.9. The molecule has 106 valence electrons. The van der Waals surface area contributed by atoms with Gasteiger partial charge >= 0.3 is 0 Å². The van der Waals surface area contributed by atoms with Crippen LogP contribution in [0.5, 0.6) is 0 Å². The minimum absolute atomic E-state index is 0.612. The third kappa shape index (κ3) is 3.41. The molecule has 1 N–H and O–H groups in total. The van der Waals surface area contributed by atoms with E-state index < -0.39 is 0 Å². The summed E-state index contributed by atoms with van der Waals surface area (Å²) in [6, 6.07) is 2.56. The first-order valence-electron chi connectivity index (χ1n) is 7.21. The second kappa shape index (κ2) is 5.97. The van der Waals surface area contributed by atoms with Crippen molar-refractivity contribution in [2.24, 2.45) is 5.92 Å². The first-order chi connectivity index (χ1) is 9.72. The van der Waals surface area contributed by atoms with Gasteiger partial charge in [-0.3, -0.25) is 0 Å². The zero-order valence-corrected chi connectivity index (χ0v) is 12.8. The molecule has 2 aromatic heterocycles. The molecule has 2 aromatic rings. The number of hydrogen-bond acceptors (Lipinski definition) is 5. The second-order valence-electron chi connectivity index (χ2n) is 5.71. The van der Waals surface area contributed by atoms with E-state index in [0.717, 1.165) is 29.8 Å². The van der Waals surface area contributed by atoms with Crippen molar-refractivity contribution < 1.29 is 0 Å². The van der Waals surface area contributed by atoms with E-state index in [1.54, 1.807) is 23.7 Å². The van der Waals surface area contributed by atoms with Gasteiger partial charge in [-0.1, -0.05) is 13.8 Å². The fraction of sp³-hybridized carbons (Fsp3) is 0.533. The van der Waals surface area contributed by atoms with Crippen LogP contribution in [0.4, 0.5) is 0 Å². The van der Waals surface area contributed by atoms with Gasteiger partial charge in [0.05, 0.1) is 5.69 Å². The highest BCUT2D eigenvalue weighted by Gasteiger charge is 2.22. The van der Waals surface area contributed by atoms with Crippen molar-refractivity contribution >= 4 is 11.3 Å². The minimum Gasteiger partial charge on any atom is -0.309 e. The zero-order valence-electron chi connectivity index (χ0n) is 12.0. The first-order valence-corrected chi connectivity index (χ1v) is 8.03. The van der Waals surface area contributed by atoms with E-state index in [9.17, 15) is 0 Å². The Balaban J connectivity index is 1.83. The van der Waals surface area contributed by atoms with Crippen molar-refractivity contribution in [3.63, 3.8) is 0 Å². The summed E-state index contributed by atoms with van der Waals surface area (Å²) in [6.07, 6.45) is 7.19. The number of thiazole rings is 1. The Bertz CT molecular complexity index is 561. The van der Waals surface area contributed by atoms with E-state index in [1.807, 2.05) is 6.07 Å². The average molecular weight is 288 g/mol. The van der Waals surface area contributed by atoms with E-state index in [0.29, 0.717) is 5.92 Å². The Kier molecular flexibility index (Phi) is 4.08. The predicted octanol–water partition coefficient (Wildman–Crippen LogP) is 3.05. The molecule has 0 unspecified atom stereocenters. The number of hydrogen-bond donors (Lipinski definition) is 1. The molecule has 0 aromatic carbocycles. The topological polar surface area (TPSA) is 50.7 Å². The summed E-state index contributed by atoms with van der Waals surface area (Å²) in [6.45, 7) is 5.39. The highest BCUT2D eigenvalue weighted by atomic mass is 32.1. The Hall–Kier alpha value is -1.33. The van der Waals surface area contributed by atoms with E-state index in [2.05, 4.69) is 29.1 Å². The number of aromatic nitrogens is 3. The molecule has 0 saturated heterocycles. The van der Waals surface area contributed by atoms with Crippen molar-refractivity contribution in [1.29, 1.82) is 0 Å². The van der Waals surface area contributed by atoms with Crippen LogP contribution in [-0.4, -0.2) is 21.0 Å². The van der Waals surface area contributed by atoms with Crippen molar-refractivity contribution in [2.75, 3.05) is 0 Å². The lowest BCUT2D eigenvalue weighted by molar-refractivity contribution is 0.624. The van der Waals surface area contributed by atoms with Crippen LogP contribution in [0.3, 0.4) is 0 Å². The van der Waals surface area contributed by atoms with Crippen molar-refractivity contribution in [1.82, 2.24) is 20.3 Å². The molecule has 1 fully saturated rings. The average Bonchev–Trinajstić information content (AvgIpc) is 3.19. The summed E-state index contributed by atoms with van der Waals surface area (Å²) < 4.78 is 0. The molecule has 2 heterocycles. The molecular weight excluding hydrogens is 268 g/mol. The summed E-state index contributed by atoms with van der Waals surface area (Å²) in [5.74, 6) is 1.35. The lowest BCUT2D eigenvalue weighted by Gasteiger charge is -2.05. The van der Waals surface area contributed by atoms with Crippen LogP contribution in [0.2, 0.25) is 0 Å². The highest BCUT2D eigenvalue weighted by molar-refractivity contribution is 7.15. The van der Waals surface area contributed by atoms with Crippen LogP contribution in [-0.2, 0) is 13.0 Å². The van der Waals surface area contributed by atoms with Crippen LogP contribution in [0.15, 0.2) is 18.5 Å². The third-order valence-electron chi connectivity index (χ3n) is 3.27. The normalized spacial score (nSPS) is 14.9. The van der Waals surface area contributed by atoms with Crippen LogP contribution >= 0.6 is 11.3 Å². The van der Waals surface area contributed by atoms with Crippen LogP contribution in [0.25, 0.3) is 10.8 Å². The Morgan fingerprint density at radius 3 is 2.70 bits per heavy atom. The fourth-order valence-electron chi connectivity index (χ4n) is 2.10. The van der Waals surface area contributed by atoms with E-state index in [-0.39, 0.29) is 0 Å². The first kappa shape index (κ1) is 13.6. The Labute approximate surface area is 123 Å². The van der Waals surface area contributed by atoms with Gasteiger partial charge in [0.2, 0.25) is 0 Å². The molecule has 0 amide bonds. The van der Waals surface area contributed by atoms with E-state index in [4.69, 9.17) is 4.98 Å². The molecular formula is C15H20N4S. The lowest BCUT2D eigenvalue weighted by Crippen LogP contribution is -2.15. The largest absolute Gasteiger partial charge is 0.309 e. The summed E-state index contributed by atoms with van der Waals surface area (Å²) in [4.78, 5) is 14.7. The molecule has 1 aliphatic carbocycles. The van der Waals surface area contributed by atoms with Gasteiger partial charge < -0.3 is 5.32 Å². The van der Waals surface area contributed by atoms with Gasteiger partial charge in [-0.05, 0) is 31.2 Å². The third-order valence-corrected chi connectivity index (χ3v) is 4.36. The molecule has 1 aliphatic rings. The number of nitrogens with zero attached hydrogens (tertiary/aromatic N) is 3. The number of rotatable bonds is 6. The van der Waals surface area contributed by atoms with Gasteiger partial charge in [-0.2, -0.15) is 0 Å². The summed E-state index contributed by atoms with van der Waals surface area (Å²) in [5, 5.41) is 4.52. The van der Waals surface area contributed by atoms with Gasteiger partial charge in [0, 0.05) is 29.9 Å². The minimum atomic E-state index is 0.612. The summed E-state index contributed by atoms with van der Waals surface area (Å²) >= 11 is 1.73. The summed E-state index contributed by atoms with van der Waals surface area (Å²) in [5.41, 5.74) is 1.21. The van der Waals surface area contributed by atoms with Crippen molar-refractivity contribution in [3.05, 3.63) is 29.0 Å². The molecule has 0 radical (unpaired) electrons. The van der Waals surface area contributed by atoms with Crippen LogP contribution in [0.1, 0.15) is 37.3 Å². The molecule has 0 aliphatic heterocycles. The van der Waals surface area contributed by atoms with Gasteiger partial charge in [0.1, 0.15) is 0 Å². The molecule has 1 saturated carbocycles. The smallest absolute Gasteiger partial charge is 0.188 e. The molecule has 5 heteroatoms. The standard InChI is InChI=1S/C15H20N4S/c1-10(2)8-12-13(9-18-11-4-5-11)20-15(19-12)14-16-6-3-7-17-14/h3,6-7,10-11,18H,4-5,8-9H2,1-2H3. The van der Waals surface area contributed by atoms with Gasteiger partial charge in [-0.25, -0.2) is 15.0 Å². The number of nitrogens with one attached hydrogen (secondary N) is 1. The van der Waals surface area contributed by atoms with E-state index >= 15 is 0 Å². The maximum absolute atomic E-state index is 4.77. The molecule has 20 heavy (non-hydrogen) atoms. The highest BCUT2D eigenvalue weighted by Crippen LogP contribution is 2.28. The predicted molar refractivity (Wildman–Crippen MR) is 81.5 cm³/mol. The molecule has 0 atom stereocenters. The van der Waals surface area contributed by atoms with Crippen molar-refractivity contribution in [2.45, 2.75) is 45.7 Å². The van der Waals surface area contributed by atoms with Gasteiger partial charge in [0.15, 0.2) is 10.8 Å². The molecule has 4 nitrogen and oxygen atoms in total. The van der Waals surface area contributed by atoms with Crippen molar-refractivity contribution in [3.8, 4) is 10.8 Å². The van der Waals surface area contributed by atoms with Gasteiger partial charge in [0.25, 0.3) is 0 Å². The van der Waals surface area contributed by atoms with Gasteiger partial charge in [-0.15, -0.1) is 11.3 Å². The van der Waals surface area contributed by atoms with Crippen LogP contribution < -0.4 is 5.32 Å². The lowest BCUT2D eigenvalue weighted by atomic mass is 10.1. The Morgan fingerprint density at radius 1 is 1.30 bits per heavy atom. The van der Waals surface area contributed by atoms with Crippen LogP contribution in [0, 0.1) is 5.92 Å². The second-order valence-corrected chi connectivity index (χ2v) is 6.80. The summed E-state index contributed by atoms with van der Waals surface area (Å²) in [7, 11) is 0. The monoisotopic (exact) mass is 288 g/mol.